The predicted octanol–water partition coefficient (Wildman–Crippen LogP) is -0.730. The van der Waals surface area contributed by atoms with Crippen molar-refractivity contribution in [3.63, 3.8) is 0 Å². The maximum atomic E-state index is 11.7. The molecule has 1 unspecified atom stereocenters. The van der Waals surface area contributed by atoms with Crippen LogP contribution in [0.25, 0.3) is 0 Å². The molecule has 0 amide bonds. The zero-order valence-corrected chi connectivity index (χ0v) is 9.95. The van der Waals surface area contributed by atoms with Crippen LogP contribution in [-0.4, -0.2) is 30.6 Å². The molecule has 7 nitrogen and oxygen atoms in total. The number of nitrogens with two attached hydrogens (primary N) is 1. The number of aryl methyl sites for hydroxylation is 1. The highest BCUT2D eigenvalue weighted by atomic mass is 32.2. The summed E-state index contributed by atoms with van der Waals surface area (Å²) in [6, 6.07) is 0. The Kier molecular flexibility index (Phi) is 3.66. The monoisotopic (exact) mass is 245 g/mol. The van der Waals surface area contributed by atoms with Crippen LogP contribution in [0.15, 0.2) is 17.3 Å². The van der Waals surface area contributed by atoms with E-state index in [1.807, 2.05) is 0 Å². The summed E-state index contributed by atoms with van der Waals surface area (Å²) in [5.74, 6) is -0.375. The van der Waals surface area contributed by atoms with Gasteiger partial charge in [-0.15, -0.1) is 0 Å². The van der Waals surface area contributed by atoms with Crippen LogP contribution >= 0.6 is 0 Å². The zero-order chi connectivity index (χ0) is 12.3. The van der Waals surface area contributed by atoms with E-state index in [-0.39, 0.29) is 23.2 Å². The van der Waals surface area contributed by atoms with Crippen molar-refractivity contribution in [3.05, 3.63) is 12.4 Å². The highest BCUT2D eigenvalue weighted by molar-refractivity contribution is 7.89. The Bertz CT molecular complexity index is 478. The highest BCUT2D eigenvalue weighted by Crippen LogP contribution is 2.06. The van der Waals surface area contributed by atoms with Crippen LogP contribution in [-0.2, 0) is 17.1 Å². The van der Waals surface area contributed by atoms with Gasteiger partial charge in [0.05, 0.1) is 12.0 Å². The summed E-state index contributed by atoms with van der Waals surface area (Å²) >= 11 is 0. The van der Waals surface area contributed by atoms with Gasteiger partial charge in [0.25, 0.3) is 0 Å². The molecule has 1 atom stereocenters. The number of hydrogen-bond acceptors (Lipinski definition) is 4. The third-order valence-corrected chi connectivity index (χ3v) is 3.48. The lowest BCUT2D eigenvalue weighted by Crippen LogP contribution is -2.34. The molecule has 0 aliphatic heterocycles. The number of rotatable bonds is 5. The fourth-order valence-corrected chi connectivity index (χ4v) is 2.08. The quantitative estimate of drug-likeness (QED) is 0.468. The summed E-state index contributed by atoms with van der Waals surface area (Å²) in [5, 5.41) is 10.9. The number of aromatic nitrogens is 2. The van der Waals surface area contributed by atoms with Crippen LogP contribution in [0.3, 0.4) is 0 Å². The molecule has 0 fully saturated rings. The average Bonchev–Trinajstić information content (AvgIpc) is 2.61. The van der Waals surface area contributed by atoms with Gasteiger partial charge >= 0.3 is 0 Å². The second-order valence-corrected chi connectivity index (χ2v) is 5.32. The molecule has 1 heterocycles. The van der Waals surface area contributed by atoms with E-state index in [1.54, 1.807) is 14.0 Å². The largest absolute Gasteiger partial charge is 0.387 e. The van der Waals surface area contributed by atoms with E-state index in [4.69, 9.17) is 11.1 Å². The van der Waals surface area contributed by atoms with Crippen LogP contribution in [0.2, 0.25) is 0 Å². The molecule has 1 aromatic heterocycles. The smallest absolute Gasteiger partial charge is 0.243 e. The van der Waals surface area contributed by atoms with E-state index in [2.05, 4.69) is 9.82 Å². The number of amidine groups is 1. The third kappa shape index (κ3) is 3.04. The Hall–Kier alpha value is -1.41. The first-order chi connectivity index (χ1) is 7.33. The standard InChI is InChI=1S/C8H15N5O2S/c1-6(8(9)10)3-12-16(14,15)7-4-11-13(2)5-7/h4-6,12H,3H2,1-2H3,(H3,9,10). The Morgan fingerprint density at radius 3 is 2.81 bits per heavy atom. The van der Waals surface area contributed by atoms with E-state index in [0.717, 1.165) is 0 Å². The molecule has 16 heavy (non-hydrogen) atoms. The van der Waals surface area contributed by atoms with Crippen molar-refractivity contribution < 1.29 is 8.42 Å². The molecule has 4 N–H and O–H groups in total. The number of nitrogens with one attached hydrogen (secondary N) is 2. The van der Waals surface area contributed by atoms with Gasteiger partial charge in [-0.2, -0.15) is 5.10 Å². The molecular weight excluding hydrogens is 230 g/mol. The first-order valence-electron chi connectivity index (χ1n) is 4.65. The van der Waals surface area contributed by atoms with Crippen molar-refractivity contribution in [2.24, 2.45) is 18.7 Å². The van der Waals surface area contributed by atoms with Gasteiger partial charge < -0.3 is 5.73 Å². The average molecular weight is 245 g/mol. The van der Waals surface area contributed by atoms with E-state index < -0.39 is 10.0 Å². The van der Waals surface area contributed by atoms with Gasteiger partial charge in [0.2, 0.25) is 10.0 Å². The Morgan fingerprint density at radius 1 is 1.75 bits per heavy atom. The van der Waals surface area contributed by atoms with Gasteiger partial charge in [-0.1, -0.05) is 6.92 Å². The van der Waals surface area contributed by atoms with Gasteiger partial charge in [-0.05, 0) is 0 Å². The second kappa shape index (κ2) is 4.62. The Balaban J connectivity index is 2.70. The van der Waals surface area contributed by atoms with E-state index in [1.165, 1.54) is 17.1 Å². The van der Waals surface area contributed by atoms with Gasteiger partial charge in [0.1, 0.15) is 4.90 Å². The van der Waals surface area contributed by atoms with Crippen molar-refractivity contribution in [2.45, 2.75) is 11.8 Å². The summed E-state index contributed by atoms with van der Waals surface area (Å²) in [6.45, 7) is 1.78. The molecule has 0 radical (unpaired) electrons. The molecule has 0 aliphatic rings. The maximum absolute atomic E-state index is 11.7. The van der Waals surface area contributed by atoms with Crippen LogP contribution in [0, 0.1) is 11.3 Å². The first-order valence-corrected chi connectivity index (χ1v) is 6.13. The predicted molar refractivity (Wildman–Crippen MR) is 59.5 cm³/mol. The SMILES string of the molecule is CC(CNS(=O)(=O)c1cnn(C)c1)C(=N)N. The van der Waals surface area contributed by atoms with Crippen LogP contribution in [0.1, 0.15) is 6.92 Å². The van der Waals surface area contributed by atoms with Crippen molar-refractivity contribution in [1.29, 1.82) is 5.41 Å². The highest BCUT2D eigenvalue weighted by Gasteiger charge is 2.17. The molecule has 1 rings (SSSR count). The summed E-state index contributed by atoms with van der Waals surface area (Å²) in [5.41, 5.74) is 5.24. The zero-order valence-electron chi connectivity index (χ0n) is 9.14. The maximum Gasteiger partial charge on any atom is 0.243 e. The van der Waals surface area contributed by atoms with Gasteiger partial charge in [0, 0.05) is 25.7 Å². The lowest BCUT2D eigenvalue weighted by Gasteiger charge is -2.10. The fraction of sp³-hybridized carbons (Fsp3) is 0.500. The third-order valence-electron chi connectivity index (χ3n) is 2.10. The molecule has 0 aliphatic carbocycles. The topological polar surface area (TPSA) is 114 Å². The molecule has 8 heteroatoms. The molecular formula is C8H15N5O2S. The molecule has 0 saturated carbocycles. The van der Waals surface area contributed by atoms with Crippen molar-refractivity contribution in [2.75, 3.05) is 6.54 Å². The van der Waals surface area contributed by atoms with Gasteiger partial charge in [-0.3, -0.25) is 10.1 Å². The minimum absolute atomic E-state index is 0.0473. The molecule has 1 aromatic rings. The van der Waals surface area contributed by atoms with Crippen LogP contribution < -0.4 is 10.5 Å². The molecule has 90 valence electrons. The van der Waals surface area contributed by atoms with E-state index in [9.17, 15) is 8.42 Å². The number of nitrogens with zero attached hydrogens (tertiary/aromatic N) is 2. The van der Waals surface area contributed by atoms with Crippen molar-refractivity contribution in [3.8, 4) is 0 Å². The van der Waals surface area contributed by atoms with Crippen LogP contribution in [0.4, 0.5) is 0 Å². The van der Waals surface area contributed by atoms with E-state index >= 15 is 0 Å². The normalized spacial score (nSPS) is 13.6. The number of hydrogen-bond donors (Lipinski definition) is 3. The van der Waals surface area contributed by atoms with Gasteiger partial charge in [-0.25, -0.2) is 13.1 Å². The molecule has 0 spiro atoms. The molecule has 0 aromatic carbocycles. The summed E-state index contributed by atoms with van der Waals surface area (Å²) < 4.78 is 27.2. The van der Waals surface area contributed by atoms with E-state index in [0.29, 0.717) is 0 Å². The summed E-state index contributed by atoms with van der Waals surface area (Å²) in [7, 11) is -1.92. The second-order valence-electron chi connectivity index (χ2n) is 3.56. The summed E-state index contributed by atoms with van der Waals surface area (Å²) in [6.07, 6.45) is 2.67. The molecule has 0 saturated heterocycles. The first kappa shape index (κ1) is 12.7. The summed E-state index contributed by atoms with van der Waals surface area (Å²) in [4.78, 5) is 0.103. The molecule has 0 bridgehead atoms. The van der Waals surface area contributed by atoms with Crippen molar-refractivity contribution in [1.82, 2.24) is 14.5 Å². The van der Waals surface area contributed by atoms with Gasteiger partial charge in [0.15, 0.2) is 0 Å². The Morgan fingerprint density at radius 2 is 2.38 bits per heavy atom. The van der Waals surface area contributed by atoms with Crippen LogP contribution in [0.5, 0.6) is 0 Å². The number of sulfonamides is 1. The lowest BCUT2D eigenvalue weighted by atomic mass is 10.2. The minimum atomic E-state index is -3.55. The Labute approximate surface area is 94.2 Å². The fourth-order valence-electron chi connectivity index (χ4n) is 0.966. The lowest BCUT2D eigenvalue weighted by molar-refractivity contribution is 0.574. The van der Waals surface area contributed by atoms with Crippen molar-refractivity contribution >= 4 is 15.9 Å². The minimum Gasteiger partial charge on any atom is -0.387 e.